The molecule has 3 aromatic carbocycles. The summed E-state index contributed by atoms with van der Waals surface area (Å²) >= 11 is 0. The van der Waals surface area contributed by atoms with Crippen molar-refractivity contribution in [2.24, 2.45) is 0 Å². The summed E-state index contributed by atoms with van der Waals surface area (Å²) < 4.78 is 0. The van der Waals surface area contributed by atoms with Crippen LogP contribution in [0.5, 0.6) is 0 Å². The third kappa shape index (κ3) is 8.43. The molecule has 0 saturated carbocycles. The van der Waals surface area contributed by atoms with Gasteiger partial charge in [-0.05, 0) is 324 Å². The zero-order valence-electron chi connectivity index (χ0n) is 61.9. The fourth-order valence-corrected chi connectivity index (χ4v) is 56.0. The van der Waals surface area contributed by atoms with Crippen LogP contribution < -0.4 is 15.6 Å². The Hall–Kier alpha value is -1.69. The lowest BCUT2D eigenvalue weighted by Crippen LogP contribution is -2.46. The number of hydrogen-bond acceptors (Lipinski definition) is 0. The molecule has 0 nitrogen and oxygen atoms in total. The minimum absolute atomic E-state index is 0.211. The van der Waals surface area contributed by atoms with Gasteiger partial charge in [-0.25, -0.2) is 0 Å². The van der Waals surface area contributed by atoms with Gasteiger partial charge in [-0.2, -0.15) is 0 Å². The van der Waals surface area contributed by atoms with Crippen molar-refractivity contribution < 1.29 is 0 Å². The first-order valence-electron chi connectivity index (χ1n) is 38.9. The maximum Gasteiger partial charge on any atom is 0.0720 e. The van der Waals surface area contributed by atoms with Crippen LogP contribution in [0.15, 0.2) is 18.2 Å². The quantitative estimate of drug-likeness (QED) is 0.0668. The van der Waals surface area contributed by atoms with Crippen LogP contribution in [0.1, 0.15) is 426 Å². The second-order valence-electron chi connectivity index (χ2n) is 32.3. The average molecular weight is 1230 g/mol. The van der Waals surface area contributed by atoms with E-state index in [1.807, 2.05) is 66.8 Å². The van der Waals surface area contributed by atoms with Gasteiger partial charge in [-0.3, -0.25) is 0 Å². The van der Waals surface area contributed by atoms with Crippen molar-refractivity contribution in [1.29, 1.82) is 0 Å². The lowest BCUT2D eigenvalue weighted by molar-refractivity contribution is 0.278. The second-order valence-corrected chi connectivity index (χ2v) is 49.6. The van der Waals surface area contributed by atoms with E-state index in [-0.39, 0.29) is 65.0 Å². The van der Waals surface area contributed by atoms with E-state index in [9.17, 15) is 0 Å². The molecule has 0 spiro atoms. The summed E-state index contributed by atoms with van der Waals surface area (Å²) in [5, 5.41) is 6.58. The van der Waals surface area contributed by atoms with Crippen LogP contribution in [0.3, 0.4) is 0 Å². The largest absolute Gasteiger partial charge is 0.0720 e. The van der Waals surface area contributed by atoms with Gasteiger partial charge < -0.3 is 0 Å². The van der Waals surface area contributed by atoms with Crippen molar-refractivity contribution in [3.05, 3.63) is 85.0 Å². The predicted octanol–water partition coefficient (Wildman–Crippen LogP) is 22.6. The Balaban J connectivity index is 1.58. The highest BCUT2D eigenvalue weighted by Gasteiger charge is 2.71. The van der Waals surface area contributed by atoms with Crippen LogP contribution in [-0.4, -0.2) is 23.5 Å². The van der Waals surface area contributed by atoms with E-state index in [4.69, 9.17) is 0 Å². The molecule has 1 saturated heterocycles. The molecule has 3 heteroatoms. The lowest BCUT2D eigenvalue weighted by atomic mass is 9.70. The molecule has 6 aliphatic carbocycles. The van der Waals surface area contributed by atoms with Crippen molar-refractivity contribution in [2.75, 3.05) is 0 Å². The Morgan fingerprint density at radius 3 is 0.379 bits per heavy atom. The van der Waals surface area contributed by atoms with Gasteiger partial charge in [-0.1, -0.05) is 200 Å². The highest BCUT2D eigenvalue weighted by atomic mass is 30.1. The molecule has 7 aliphatic rings. The Morgan fingerprint density at radius 1 is 0.184 bits per heavy atom. The smallest absolute Gasteiger partial charge is 0.0645 e. The van der Waals surface area contributed by atoms with Gasteiger partial charge in [-0.15, -0.1) is 0 Å². The average Bonchev–Trinajstić information content (AvgIpc) is 1.48. The summed E-state index contributed by atoms with van der Waals surface area (Å²) in [5.41, 5.74) is 26.4. The van der Waals surface area contributed by atoms with E-state index in [1.54, 1.807) is 0 Å². The van der Waals surface area contributed by atoms with Crippen LogP contribution >= 0.6 is 0 Å². The monoisotopic (exact) mass is 1230 g/mol. The molecule has 3 radical (unpaired) electrons. The Bertz CT molecular complexity index is 2490. The Morgan fingerprint density at radius 2 is 0.287 bits per heavy atom. The number of benzene rings is 3. The van der Waals surface area contributed by atoms with Gasteiger partial charge in [0.2, 0.25) is 0 Å². The van der Waals surface area contributed by atoms with Crippen LogP contribution in [0.2, 0.25) is 0 Å². The Labute approximate surface area is 544 Å². The van der Waals surface area contributed by atoms with Gasteiger partial charge in [0, 0.05) is 0 Å². The minimum atomic E-state index is -1.24. The molecule has 87 heavy (non-hydrogen) atoms. The Kier molecular flexibility index (Phi) is 18.5. The molecule has 1 fully saturated rings. The molecular formula is C84H135Si3. The molecule has 0 bridgehead atoms. The maximum atomic E-state index is 3.10. The van der Waals surface area contributed by atoms with E-state index in [0.29, 0.717) is 0 Å². The van der Waals surface area contributed by atoms with E-state index < -0.39 is 23.5 Å². The maximum absolute atomic E-state index is 3.10. The summed E-state index contributed by atoms with van der Waals surface area (Å²) in [7, 11) is -3.73. The molecule has 483 valence electrons. The second kappa shape index (κ2) is 23.6. The fraction of sp³-hybridized carbons (Fsp3) is 0.786. The fourth-order valence-electron chi connectivity index (χ4n) is 24.9. The van der Waals surface area contributed by atoms with Crippen LogP contribution in [0, 0.1) is 0 Å². The minimum Gasteiger partial charge on any atom is -0.0645 e. The zero-order valence-corrected chi connectivity index (χ0v) is 64.9. The molecule has 1 heterocycles. The first-order valence-corrected chi connectivity index (χ1v) is 46.4. The van der Waals surface area contributed by atoms with Gasteiger partial charge in [0.1, 0.15) is 0 Å². The predicted molar refractivity (Wildman–Crippen MR) is 390 cm³/mol. The molecule has 3 aromatic rings. The van der Waals surface area contributed by atoms with Gasteiger partial charge in [0.05, 0.1) is 23.5 Å². The molecule has 0 atom stereocenters. The number of fused-ring (bicyclic) bond motifs is 6. The van der Waals surface area contributed by atoms with Gasteiger partial charge in [0.25, 0.3) is 0 Å². The van der Waals surface area contributed by atoms with E-state index in [2.05, 4.69) is 200 Å². The third-order valence-corrected chi connectivity index (χ3v) is 54.3. The summed E-state index contributed by atoms with van der Waals surface area (Å²) in [4.78, 5) is 0. The highest BCUT2D eigenvalue weighted by Crippen LogP contribution is 2.68. The van der Waals surface area contributed by atoms with Crippen molar-refractivity contribution in [3.8, 4) is 0 Å². The first-order chi connectivity index (χ1) is 41.6. The van der Waals surface area contributed by atoms with E-state index in [1.165, 1.54) is 193 Å². The molecule has 0 amide bonds. The third-order valence-electron chi connectivity index (χ3n) is 32.3. The van der Waals surface area contributed by atoms with Crippen LogP contribution in [-0.2, 0) is 65.0 Å². The van der Waals surface area contributed by atoms with Gasteiger partial charge in [0.15, 0.2) is 0 Å². The standard InChI is InChI=1S/C84H135Si3/c1-25-73(26-2)52-79(37-13,38-14)64-58(73)49-59-65(80(39-15,40-16)53-74(59,27-3)28-4)70(64)85-86(71-66-60(75(29-5,30-6)54-81(66,41-17)42-18)50-61-67(71)82(43-19,44-20)55-76(61,31-7)32-8)87(85)72-68-62(77(33-9,34-10)56-83(68,45-21)46-22)51-63-69(72)84(47-23,48-24)57-78(63,35-11)36-12/h49-51H,25-48,52-57H2,1-24H3. The van der Waals surface area contributed by atoms with E-state index >= 15 is 0 Å². The molecule has 0 unspecified atom stereocenters. The number of rotatable bonds is 27. The zero-order chi connectivity index (χ0) is 63.7. The van der Waals surface area contributed by atoms with Crippen molar-refractivity contribution in [1.82, 2.24) is 0 Å². The summed E-state index contributed by atoms with van der Waals surface area (Å²) in [5.74, 6) is 0. The molecule has 0 aromatic heterocycles. The normalized spacial score (nSPS) is 24.3. The topological polar surface area (TPSA) is 0 Å². The molecule has 10 rings (SSSR count). The van der Waals surface area contributed by atoms with Crippen LogP contribution in [0.25, 0.3) is 0 Å². The highest BCUT2D eigenvalue weighted by molar-refractivity contribution is 8.03. The molecule has 0 N–H and O–H groups in total. The van der Waals surface area contributed by atoms with Crippen molar-refractivity contribution >= 4 is 39.1 Å². The summed E-state index contributed by atoms with van der Waals surface area (Å²) in [6.07, 6.45) is 39.0. The van der Waals surface area contributed by atoms with Crippen LogP contribution in [0.4, 0.5) is 0 Å². The van der Waals surface area contributed by atoms with Crippen molar-refractivity contribution in [3.63, 3.8) is 0 Å². The van der Waals surface area contributed by atoms with Gasteiger partial charge >= 0.3 is 0 Å². The SMILES string of the molecule is CCC1(CC)CC(CC)(CC)c2c1cc1c(c2[Si]2[Si](c3c4c(cc5c3C(CC)(CC)CC5(CC)CC)C(CC)(CC)CC4(CC)CC)[Si]2c2c3c(cc4c2C(CC)(CC)CC4(CC)CC)C(CC)(CC)CC3(CC)CC)C(CC)(CC)CC1(CC)CC. The van der Waals surface area contributed by atoms with E-state index in [0.717, 1.165) is 0 Å². The lowest BCUT2D eigenvalue weighted by Gasteiger charge is -2.37. The van der Waals surface area contributed by atoms with Crippen molar-refractivity contribution in [2.45, 2.75) is 424 Å². The summed E-state index contributed by atoms with van der Waals surface area (Å²) in [6.45, 7) is 64.2. The summed E-state index contributed by atoms with van der Waals surface area (Å²) in [6, 6.07) is 9.31. The number of hydrogen-bond donors (Lipinski definition) is 0. The first kappa shape index (κ1) is 68.2. The molecule has 1 aliphatic heterocycles. The molecular weight excluding hydrogens is 1090 g/mol.